The summed E-state index contributed by atoms with van der Waals surface area (Å²) in [5.41, 5.74) is 1.47. The molecule has 2 amide bonds. The van der Waals surface area contributed by atoms with Crippen molar-refractivity contribution in [3.05, 3.63) is 28.9 Å². The van der Waals surface area contributed by atoms with Crippen LogP contribution in [0.2, 0.25) is 0 Å². The average Bonchev–Trinajstić information content (AvgIpc) is 2.58. The first-order chi connectivity index (χ1) is 11.9. The van der Waals surface area contributed by atoms with E-state index in [1.165, 1.54) is 4.90 Å². The lowest BCUT2D eigenvalue weighted by Crippen LogP contribution is -2.52. The van der Waals surface area contributed by atoms with E-state index in [4.69, 9.17) is 4.74 Å². The second kappa shape index (κ2) is 7.35. The molecule has 132 valence electrons. The molecule has 0 saturated carbocycles. The van der Waals surface area contributed by atoms with E-state index in [9.17, 15) is 9.59 Å². The number of ether oxygens (including phenoxy) is 1. The summed E-state index contributed by atoms with van der Waals surface area (Å²) >= 11 is 3.41. The lowest BCUT2D eigenvalue weighted by molar-refractivity contribution is -0.121. The predicted molar refractivity (Wildman–Crippen MR) is 97.4 cm³/mol. The van der Waals surface area contributed by atoms with E-state index in [-0.39, 0.29) is 18.4 Å². The molecule has 1 aromatic heterocycles. The molecule has 8 heteroatoms. The van der Waals surface area contributed by atoms with Gasteiger partial charge in [-0.25, -0.2) is 9.78 Å². The van der Waals surface area contributed by atoms with Crippen molar-refractivity contribution in [3.63, 3.8) is 0 Å². The summed E-state index contributed by atoms with van der Waals surface area (Å²) in [7, 11) is 0. The third-order valence-corrected chi connectivity index (χ3v) is 4.28. The van der Waals surface area contributed by atoms with Crippen LogP contribution in [-0.2, 0) is 9.53 Å². The van der Waals surface area contributed by atoms with Gasteiger partial charge in [-0.1, -0.05) is 29.8 Å². The number of benzene rings is 1. The van der Waals surface area contributed by atoms with Gasteiger partial charge in [-0.05, 0) is 24.1 Å². The summed E-state index contributed by atoms with van der Waals surface area (Å²) in [6.45, 7) is 5.03. The standard InChI is InChI=1S/C17H19BrN4O3/c1-11(2)10-25-17(24)21-5-6-22(16(23)9-21)15-8-19-13-4-3-12(18)7-14(13)20-15/h3-4,7-8,11H,5-6,9-10H2,1-2H3. The molecule has 2 heterocycles. The molecule has 1 fully saturated rings. The van der Waals surface area contributed by atoms with Crippen molar-refractivity contribution < 1.29 is 14.3 Å². The molecule has 1 saturated heterocycles. The summed E-state index contributed by atoms with van der Waals surface area (Å²) in [4.78, 5) is 36.3. The van der Waals surface area contributed by atoms with Crippen LogP contribution in [0.15, 0.2) is 28.9 Å². The lowest BCUT2D eigenvalue weighted by Gasteiger charge is -2.33. The minimum atomic E-state index is -0.449. The molecule has 1 aliphatic rings. The van der Waals surface area contributed by atoms with Crippen molar-refractivity contribution in [1.29, 1.82) is 0 Å². The number of carbonyl (C=O) groups is 2. The van der Waals surface area contributed by atoms with E-state index in [0.717, 1.165) is 9.99 Å². The Bertz CT molecular complexity index is 812. The zero-order valence-electron chi connectivity index (χ0n) is 14.1. The summed E-state index contributed by atoms with van der Waals surface area (Å²) in [5, 5.41) is 0. The van der Waals surface area contributed by atoms with E-state index < -0.39 is 6.09 Å². The van der Waals surface area contributed by atoms with Crippen LogP contribution in [0.4, 0.5) is 10.6 Å². The van der Waals surface area contributed by atoms with Gasteiger partial charge in [0, 0.05) is 17.6 Å². The van der Waals surface area contributed by atoms with Gasteiger partial charge in [0.15, 0.2) is 5.82 Å². The number of anilines is 1. The van der Waals surface area contributed by atoms with Crippen molar-refractivity contribution in [2.75, 3.05) is 31.1 Å². The molecule has 0 aliphatic carbocycles. The molecule has 0 atom stereocenters. The Hall–Kier alpha value is -2.22. The molecule has 2 aromatic rings. The van der Waals surface area contributed by atoms with Crippen molar-refractivity contribution in [3.8, 4) is 0 Å². The van der Waals surface area contributed by atoms with Crippen LogP contribution >= 0.6 is 15.9 Å². The molecule has 7 nitrogen and oxygen atoms in total. The third kappa shape index (κ3) is 4.07. The van der Waals surface area contributed by atoms with Gasteiger partial charge in [0.1, 0.15) is 6.54 Å². The normalized spacial score (nSPS) is 15.1. The Morgan fingerprint density at radius 3 is 2.84 bits per heavy atom. The van der Waals surface area contributed by atoms with Crippen molar-refractivity contribution in [2.24, 2.45) is 5.92 Å². The zero-order chi connectivity index (χ0) is 18.0. The van der Waals surface area contributed by atoms with E-state index in [0.29, 0.717) is 31.0 Å². The summed E-state index contributed by atoms with van der Waals surface area (Å²) in [5.74, 6) is 0.551. The molecule has 0 radical (unpaired) electrons. The number of carbonyl (C=O) groups excluding carboxylic acids is 2. The number of halogens is 1. The van der Waals surface area contributed by atoms with Crippen LogP contribution in [0.3, 0.4) is 0 Å². The number of fused-ring (bicyclic) bond motifs is 1. The Morgan fingerprint density at radius 1 is 1.32 bits per heavy atom. The van der Waals surface area contributed by atoms with E-state index in [1.54, 1.807) is 11.1 Å². The van der Waals surface area contributed by atoms with Crippen LogP contribution < -0.4 is 4.90 Å². The van der Waals surface area contributed by atoms with Crippen molar-refractivity contribution >= 4 is 44.8 Å². The number of hydrogen-bond acceptors (Lipinski definition) is 5. The highest BCUT2D eigenvalue weighted by Gasteiger charge is 2.29. The number of piperazine rings is 1. The molecular formula is C17H19BrN4O3. The van der Waals surface area contributed by atoms with Gasteiger partial charge in [0.25, 0.3) is 0 Å². The second-order valence-electron chi connectivity index (χ2n) is 6.30. The van der Waals surface area contributed by atoms with Gasteiger partial charge in [-0.3, -0.25) is 19.6 Å². The van der Waals surface area contributed by atoms with Crippen LogP contribution in [0.25, 0.3) is 11.0 Å². The predicted octanol–water partition coefficient (Wildman–Crippen LogP) is 2.83. The maximum atomic E-state index is 12.5. The molecule has 0 N–H and O–H groups in total. The average molecular weight is 407 g/mol. The largest absolute Gasteiger partial charge is 0.449 e. The highest BCUT2D eigenvalue weighted by atomic mass is 79.9. The second-order valence-corrected chi connectivity index (χ2v) is 7.21. The first-order valence-electron chi connectivity index (χ1n) is 8.08. The molecule has 1 aliphatic heterocycles. The molecule has 0 spiro atoms. The zero-order valence-corrected chi connectivity index (χ0v) is 15.7. The summed E-state index contributed by atoms with van der Waals surface area (Å²) in [6, 6.07) is 5.61. The minimum Gasteiger partial charge on any atom is -0.449 e. The minimum absolute atomic E-state index is 0.0187. The number of amides is 2. The van der Waals surface area contributed by atoms with Gasteiger partial charge < -0.3 is 4.74 Å². The van der Waals surface area contributed by atoms with Crippen molar-refractivity contribution in [2.45, 2.75) is 13.8 Å². The Labute approximate surface area is 154 Å². The smallest absolute Gasteiger partial charge is 0.410 e. The number of nitrogens with zero attached hydrogens (tertiary/aromatic N) is 4. The summed E-state index contributed by atoms with van der Waals surface area (Å²) < 4.78 is 6.08. The first-order valence-corrected chi connectivity index (χ1v) is 8.87. The molecular weight excluding hydrogens is 388 g/mol. The molecule has 25 heavy (non-hydrogen) atoms. The van der Waals surface area contributed by atoms with Gasteiger partial charge in [-0.15, -0.1) is 0 Å². The van der Waals surface area contributed by atoms with Gasteiger partial charge >= 0.3 is 6.09 Å². The SMILES string of the molecule is CC(C)COC(=O)N1CCN(c2cnc3ccc(Br)cc3n2)C(=O)C1. The lowest BCUT2D eigenvalue weighted by atomic mass is 10.2. The number of aromatic nitrogens is 2. The van der Waals surface area contributed by atoms with Crippen LogP contribution in [-0.4, -0.2) is 53.1 Å². The Morgan fingerprint density at radius 2 is 2.12 bits per heavy atom. The van der Waals surface area contributed by atoms with Gasteiger partial charge in [-0.2, -0.15) is 0 Å². The quantitative estimate of drug-likeness (QED) is 0.782. The van der Waals surface area contributed by atoms with E-state index in [1.807, 2.05) is 32.0 Å². The molecule has 0 bridgehead atoms. The molecule has 3 rings (SSSR count). The Balaban J connectivity index is 1.71. The van der Waals surface area contributed by atoms with E-state index in [2.05, 4.69) is 25.9 Å². The third-order valence-electron chi connectivity index (χ3n) is 3.79. The monoisotopic (exact) mass is 406 g/mol. The van der Waals surface area contributed by atoms with Gasteiger partial charge in [0.05, 0.1) is 23.8 Å². The topological polar surface area (TPSA) is 75.6 Å². The highest BCUT2D eigenvalue weighted by molar-refractivity contribution is 9.10. The fraction of sp³-hybridized carbons (Fsp3) is 0.412. The van der Waals surface area contributed by atoms with Crippen LogP contribution in [0.1, 0.15) is 13.8 Å². The number of hydrogen-bond donors (Lipinski definition) is 0. The van der Waals surface area contributed by atoms with Crippen LogP contribution in [0, 0.1) is 5.92 Å². The maximum absolute atomic E-state index is 12.5. The number of rotatable bonds is 3. The fourth-order valence-corrected chi connectivity index (χ4v) is 2.85. The van der Waals surface area contributed by atoms with Crippen LogP contribution in [0.5, 0.6) is 0 Å². The summed E-state index contributed by atoms with van der Waals surface area (Å²) in [6.07, 6.45) is 1.14. The fourth-order valence-electron chi connectivity index (χ4n) is 2.51. The molecule has 0 unspecified atom stereocenters. The van der Waals surface area contributed by atoms with E-state index >= 15 is 0 Å². The van der Waals surface area contributed by atoms with Crippen molar-refractivity contribution in [1.82, 2.24) is 14.9 Å². The Kier molecular flexibility index (Phi) is 5.17. The maximum Gasteiger partial charge on any atom is 0.410 e. The first kappa shape index (κ1) is 17.6. The van der Waals surface area contributed by atoms with Gasteiger partial charge in [0.2, 0.25) is 5.91 Å². The molecule has 1 aromatic carbocycles. The highest BCUT2D eigenvalue weighted by Crippen LogP contribution is 2.21.